The summed E-state index contributed by atoms with van der Waals surface area (Å²) in [4.78, 5) is 33.6. The van der Waals surface area contributed by atoms with E-state index in [4.69, 9.17) is 4.74 Å². The highest BCUT2D eigenvalue weighted by atomic mass is 16.6. The molecule has 0 N–H and O–H groups in total. The molecule has 0 saturated heterocycles. The van der Waals surface area contributed by atoms with Crippen LogP contribution in [0.25, 0.3) is 10.9 Å². The summed E-state index contributed by atoms with van der Waals surface area (Å²) in [7, 11) is 0. The summed E-state index contributed by atoms with van der Waals surface area (Å²) in [5.74, 6) is -0.647. The number of nitrogens with zero attached hydrogens (tertiary/aromatic N) is 2. The van der Waals surface area contributed by atoms with E-state index in [2.05, 4.69) is 0 Å². The molecular weight excluding hydrogens is 276 g/mol. The lowest BCUT2D eigenvalue weighted by Gasteiger charge is -2.04. The molecule has 7 nitrogen and oxygen atoms in total. The van der Waals surface area contributed by atoms with Crippen LogP contribution in [0.15, 0.2) is 24.4 Å². The Morgan fingerprint density at radius 3 is 2.67 bits per heavy atom. The van der Waals surface area contributed by atoms with Crippen molar-refractivity contribution in [1.82, 2.24) is 4.57 Å². The number of carbonyl (C=O) groups is 2. The van der Waals surface area contributed by atoms with Crippen LogP contribution in [0.2, 0.25) is 0 Å². The molecule has 0 spiro atoms. The van der Waals surface area contributed by atoms with E-state index in [1.807, 2.05) is 0 Å². The molecule has 0 aliphatic carbocycles. The van der Waals surface area contributed by atoms with Crippen molar-refractivity contribution in [3.63, 3.8) is 0 Å². The molecular formula is C14H14N2O5. The number of non-ortho nitro benzene ring substituents is 1. The fourth-order valence-electron chi connectivity index (χ4n) is 2.16. The average molecular weight is 290 g/mol. The molecule has 0 bridgehead atoms. The molecule has 21 heavy (non-hydrogen) atoms. The monoisotopic (exact) mass is 290 g/mol. The lowest BCUT2D eigenvalue weighted by Crippen LogP contribution is -2.12. The molecule has 1 aromatic carbocycles. The van der Waals surface area contributed by atoms with Gasteiger partial charge in [0.2, 0.25) is 0 Å². The summed E-state index contributed by atoms with van der Waals surface area (Å²) in [6.45, 7) is 3.30. The summed E-state index contributed by atoms with van der Waals surface area (Å²) in [5, 5.41) is 11.3. The number of aromatic nitrogens is 1. The second-order valence-electron chi connectivity index (χ2n) is 4.49. The highest BCUT2D eigenvalue weighted by Crippen LogP contribution is 2.26. The quantitative estimate of drug-likeness (QED) is 0.364. The summed E-state index contributed by atoms with van der Waals surface area (Å²) in [5.41, 5.74) is 0.829. The lowest BCUT2D eigenvalue weighted by atomic mass is 10.1. The van der Waals surface area contributed by atoms with Crippen molar-refractivity contribution in [3.05, 3.63) is 40.1 Å². The van der Waals surface area contributed by atoms with Crippen molar-refractivity contribution >= 4 is 28.3 Å². The average Bonchev–Trinajstić information content (AvgIpc) is 2.77. The number of esters is 1. The number of nitro groups is 1. The summed E-state index contributed by atoms with van der Waals surface area (Å²) < 4.78 is 6.44. The van der Waals surface area contributed by atoms with Gasteiger partial charge < -0.3 is 9.30 Å². The molecule has 0 unspecified atom stereocenters. The Labute approximate surface area is 120 Å². The van der Waals surface area contributed by atoms with Crippen LogP contribution < -0.4 is 0 Å². The van der Waals surface area contributed by atoms with E-state index >= 15 is 0 Å². The first-order chi connectivity index (χ1) is 9.93. The van der Waals surface area contributed by atoms with Gasteiger partial charge in [-0.2, -0.15) is 0 Å². The zero-order valence-electron chi connectivity index (χ0n) is 11.7. The maximum absolute atomic E-state index is 11.7. The predicted octanol–water partition coefficient (Wildman–Crippen LogP) is 2.32. The van der Waals surface area contributed by atoms with Gasteiger partial charge in [0.1, 0.15) is 6.54 Å². The number of carbonyl (C=O) groups excluding carboxylic acids is 2. The van der Waals surface area contributed by atoms with Gasteiger partial charge in [-0.15, -0.1) is 0 Å². The maximum atomic E-state index is 11.7. The lowest BCUT2D eigenvalue weighted by molar-refractivity contribution is -0.384. The van der Waals surface area contributed by atoms with Gasteiger partial charge in [-0.25, -0.2) is 0 Å². The number of ether oxygens (including phenoxy) is 1. The molecule has 7 heteroatoms. The highest BCUT2D eigenvalue weighted by Gasteiger charge is 2.17. The minimum atomic E-state index is -0.522. The number of fused-ring (bicyclic) bond motifs is 1. The van der Waals surface area contributed by atoms with E-state index in [-0.39, 0.29) is 24.6 Å². The summed E-state index contributed by atoms with van der Waals surface area (Å²) in [6.07, 6.45) is 1.52. The first-order valence-corrected chi connectivity index (χ1v) is 6.38. The van der Waals surface area contributed by atoms with E-state index < -0.39 is 10.9 Å². The minimum Gasteiger partial charge on any atom is -0.465 e. The molecule has 0 atom stereocenters. The normalized spacial score (nSPS) is 10.6. The van der Waals surface area contributed by atoms with Gasteiger partial charge in [-0.3, -0.25) is 19.7 Å². The largest absolute Gasteiger partial charge is 0.465 e. The van der Waals surface area contributed by atoms with Crippen LogP contribution in [0.3, 0.4) is 0 Å². The number of Topliss-reactive ketones (excluding diaryl/α,β-unsaturated/α-hetero) is 1. The topological polar surface area (TPSA) is 91.4 Å². The van der Waals surface area contributed by atoms with E-state index in [1.54, 1.807) is 11.5 Å². The fourth-order valence-corrected chi connectivity index (χ4v) is 2.16. The van der Waals surface area contributed by atoms with Crippen molar-refractivity contribution in [2.45, 2.75) is 20.4 Å². The van der Waals surface area contributed by atoms with Crippen LogP contribution in [0.5, 0.6) is 0 Å². The highest BCUT2D eigenvalue weighted by molar-refractivity contribution is 6.07. The predicted molar refractivity (Wildman–Crippen MR) is 75.2 cm³/mol. The minimum absolute atomic E-state index is 0.0462. The third kappa shape index (κ3) is 2.91. The van der Waals surface area contributed by atoms with E-state index in [0.29, 0.717) is 16.5 Å². The third-order valence-electron chi connectivity index (χ3n) is 3.06. The molecule has 0 radical (unpaired) electrons. The van der Waals surface area contributed by atoms with Gasteiger partial charge in [-0.1, -0.05) is 0 Å². The first-order valence-electron chi connectivity index (χ1n) is 6.38. The van der Waals surface area contributed by atoms with Gasteiger partial charge in [0, 0.05) is 34.8 Å². The fraction of sp³-hybridized carbons (Fsp3) is 0.286. The number of rotatable bonds is 5. The molecule has 1 heterocycles. The molecule has 2 aromatic rings. The molecule has 1 aromatic heterocycles. The van der Waals surface area contributed by atoms with Crippen molar-refractivity contribution < 1.29 is 19.2 Å². The maximum Gasteiger partial charge on any atom is 0.325 e. The second kappa shape index (κ2) is 5.74. The zero-order valence-corrected chi connectivity index (χ0v) is 11.7. The van der Waals surface area contributed by atoms with E-state index in [0.717, 1.165) is 0 Å². The van der Waals surface area contributed by atoms with Crippen LogP contribution in [0.4, 0.5) is 5.69 Å². The number of benzene rings is 1. The van der Waals surface area contributed by atoms with Gasteiger partial charge in [0.15, 0.2) is 5.78 Å². The van der Waals surface area contributed by atoms with Gasteiger partial charge in [0.05, 0.1) is 11.5 Å². The Balaban J connectivity index is 2.55. The van der Waals surface area contributed by atoms with Crippen LogP contribution in [0.1, 0.15) is 24.2 Å². The molecule has 0 amide bonds. The number of hydrogen-bond acceptors (Lipinski definition) is 5. The molecule has 0 fully saturated rings. The Morgan fingerprint density at radius 2 is 2.10 bits per heavy atom. The smallest absolute Gasteiger partial charge is 0.325 e. The van der Waals surface area contributed by atoms with Crippen LogP contribution in [0, 0.1) is 10.1 Å². The van der Waals surface area contributed by atoms with Gasteiger partial charge in [0.25, 0.3) is 5.69 Å². The molecule has 0 aliphatic rings. The standard InChI is InChI=1S/C14H14N2O5/c1-3-21-14(18)8-15-7-12(9(2)17)11-6-10(16(19)20)4-5-13(11)15/h4-7H,3,8H2,1-2H3. The summed E-state index contributed by atoms with van der Waals surface area (Å²) >= 11 is 0. The first kappa shape index (κ1) is 14.7. The van der Waals surface area contributed by atoms with E-state index in [9.17, 15) is 19.7 Å². The van der Waals surface area contributed by atoms with E-state index in [1.165, 1.54) is 31.3 Å². The molecule has 0 saturated carbocycles. The van der Waals surface area contributed by atoms with Crippen molar-refractivity contribution in [1.29, 1.82) is 0 Å². The number of hydrogen-bond donors (Lipinski definition) is 0. The Bertz CT molecular complexity index is 732. The Kier molecular flexibility index (Phi) is 4.02. The van der Waals surface area contributed by atoms with Gasteiger partial charge in [-0.05, 0) is 19.9 Å². The number of ketones is 1. The Morgan fingerprint density at radius 1 is 1.38 bits per heavy atom. The number of nitro benzene ring substituents is 1. The molecule has 110 valence electrons. The van der Waals surface area contributed by atoms with Crippen LogP contribution in [-0.2, 0) is 16.1 Å². The van der Waals surface area contributed by atoms with Crippen LogP contribution >= 0.6 is 0 Å². The second-order valence-corrected chi connectivity index (χ2v) is 4.49. The molecule has 2 rings (SSSR count). The third-order valence-corrected chi connectivity index (χ3v) is 3.06. The zero-order chi connectivity index (χ0) is 15.6. The van der Waals surface area contributed by atoms with Crippen molar-refractivity contribution in [2.75, 3.05) is 6.61 Å². The van der Waals surface area contributed by atoms with Gasteiger partial charge >= 0.3 is 5.97 Å². The van der Waals surface area contributed by atoms with Crippen molar-refractivity contribution in [3.8, 4) is 0 Å². The summed E-state index contributed by atoms with van der Waals surface area (Å²) in [6, 6.07) is 4.21. The SMILES string of the molecule is CCOC(=O)Cn1cc(C(C)=O)c2cc([N+](=O)[O-])ccc21. The van der Waals surface area contributed by atoms with Crippen LogP contribution in [-0.4, -0.2) is 27.8 Å². The Hall–Kier alpha value is -2.70. The van der Waals surface area contributed by atoms with Crippen molar-refractivity contribution in [2.24, 2.45) is 0 Å². The molecule has 0 aliphatic heterocycles.